The van der Waals surface area contributed by atoms with Gasteiger partial charge in [-0.1, -0.05) is 0 Å². The van der Waals surface area contributed by atoms with E-state index in [2.05, 4.69) is 5.32 Å². The quantitative estimate of drug-likeness (QED) is 0.653. The molecule has 0 aliphatic carbocycles. The molecule has 0 unspecified atom stereocenters. The van der Waals surface area contributed by atoms with Crippen LogP contribution in [0.1, 0.15) is 0 Å². The Morgan fingerprint density at radius 2 is 2.33 bits per heavy atom. The standard InChI is InChI=1S/C7H6N2O2S/c10-6-3-8-7(11)9(6)5-1-2-12-4-5/h1-2,4H,3H2,(H,8,11). The lowest BCUT2D eigenvalue weighted by Gasteiger charge is -2.08. The molecule has 12 heavy (non-hydrogen) atoms. The molecule has 0 bridgehead atoms. The molecular weight excluding hydrogens is 176 g/mol. The molecule has 0 atom stereocenters. The Bertz CT molecular complexity index is 304. The second-order valence-electron chi connectivity index (χ2n) is 2.37. The molecule has 1 saturated heterocycles. The van der Waals surface area contributed by atoms with Gasteiger partial charge in [0.25, 0.3) is 5.91 Å². The van der Waals surface area contributed by atoms with Gasteiger partial charge in [0.05, 0.1) is 12.2 Å². The van der Waals surface area contributed by atoms with E-state index in [0.717, 1.165) is 4.90 Å². The summed E-state index contributed by atoms with van der Waals surface area (Å²) >= 11 is 1.46. The minimum atomic E-state index is -0.335. The molecule has 0 spiro atoms. The predicted octanol–water partition coefficient (Wildman–Crippen LogP) is 0.804. The number of nitrogens with zero attached hydrogens (tertiary/aromatic N) is 1. The molecule has 0 aromatic carbocycles. The van der Waals surface area contributed by atoms with E-state index in [-0.39, 0.29) is 18.5 Å². The maximum Gasteiger partial charge on any atom is 0.329 e. The maximum atomic E-state index is 11.1. The molecule has 62 valence electrons. The molecule has 2 heterocycles. The Hall–Kier alpha value is -1.36. The van der Waals surface area contributed by atoms with Crippen LogP contribution in [0, 0.1) is 0 Å². The van der Waals surface area contributed by atoms with Crippen LogP contribution < -0.4 is 10.2 Å². The number of urea groups is 1. The van der Waals surface area contributed by atoms with Gasteiger partial charge in [-0.25, -0.2) is 9.69 Å². The summed E-state index contributed by atoms with van der Waals surface area (Å²) in [6.07, 6.45) is 0. The highest BCUT2D eigenvalue weighted by Gasteiger charge is 2.29. The van der Waals surface area contributed by atoms with Gasteiger partial charge >= 0.3 is 6.03 Å². The van der Waals surface area contributed by atoms with Crippen LogP contribution in [-0.2, 0) is 4.79 Å². The van der Waals surface area contributed by atoms with E-state index < -0.39 is 0 Å². The van der Waals surface area contributed by atoms with Crippen molar-refractivity contribution in [2.75, 3.05) is 11.4 Å². The smallest absolute Gasteiger partial charge is 0.328 e. The van der Waals surface area contributed by atoms with Crippen LogP contribution in [0.4, 0.5) is 10.5 Å². The molecule has 1 N–H and O–H groups in total. The molecule has 1 aliphatic rings. The van der Waals surface area contributed by atoms with E-state index in [0.29, 0.717) is 5.69 Å². The van der Waals surface area contributed by atoms with Gasteiger partial charge in [0.15, 0.2) is 0 Å². The third-order valence-electron chi connectivity index (χ3n) is 1.61. The van der Waals surface area contributed by atoms with Gasteiger partial charge < -0.3 is 5.32 Å². The molecule has 1 fully saturated rings. The number of thiophene rings is 1. The third kappa shape index (κ3) is 0.984. The first kappa shape index (κ1) is 7.30. The zero-order valence-electron chi connectivity index (χ0n) is 6.11. The monoisotopic (exact) mass is 182 g/mol. The highest BCUT2D eigenvalue weighted by molar-refractivity contribution is 7.08. The van der Waals surface area contributed by atoms with Crippen molar-refractivity contribution >= 4 is 29.0 Å². The summed E-state index contributed by atoms with van der Waals surface area (Å²) in [6, 6.07) is 1.41. The van der Waals surface area contributed by atoms with E-state index in [1.54, 1.807) is 11.4 Å². The van der Waals surface area contributed by atoms with Crippen molar-refractivity contribution in [3.8, 4) is 0 Å². The lowest BCUT2D eigenvalue weighted by atomic mass is 10.4. The van der Waals surface area contributed by atoms with Gasteiger partial charge in [-0.05, 0) is 11.4 Å². The first-order valence-corrected chi connectivity index (χ1v) is 4.36. The molecule has 1 aromatic heterocycles. The van der Waals surface area contributed by atoms with Crippen LogP contribution in [0.3, 0.4) is 0 Å². The van der Waals surface area contributed by atoms with E-state index in [1.807, 2.05) is 5.38 Å². The molecule has 0 saturated carbocycles. The van der Waals surface area contributed by atoms with Crippen LogP contribution in [0.2, 0.25) is 0 Å². The predicted molar refractivity (Wildman–Crippen MR) is 45.2 cm³/mol. The maximum absolute atomic E-state index is 11.1. The fourth-order valence-corrected chi connectivity index (χ4v) is 1.69. The van der Waals surface area contributed by atoms with Gasteiger partial charge in [-0.2, -0.15) is 11.3 Å². The second-order valence-corrected chi connectivity index (χ2v) is 3.15. The Morgan fingerprint density at radius 3 is 2.83 bits per heavy atom. The van der Waals surface area contributed by atoms with Crippen LogP contribution in [0.15, 0.2) is 16.8 Å². The Kier molecular flexibility index (Phi) is 1.58. The number of anilines is 1. The number of hydrogen-bond donors (Lipinski definition) is 1. The SMILES string of the molecule is O=C1CNC(=O)N1c1ccsc1. The third-order valence-corrected chi connectivity index (χ3v) is 2.28. The summed E-state index contributed by atoms with van der Waals surface area (Å²) in [5.74, 6) is -0.196. The molecule has 0 radical (unpaired) electrons. The van der Waals surface area contributed by atoms with Crippen LogP contribution in [0.25, 0.3) is 0 Å². The number of rotatable bonds is 1. The largest absolute Gasteiger partial charge is 0.329 e. The molecule has 4 nitrogen and oxygen atoms in total. The number of hydrogen-bond acceptors (Lipinski definition) is 3. The van der Waals surface area contributed by atoms with Gasteiger partial charge in [0, 0.05) is 5.38 Å². The van der Waals surface area contributed by atoms with E-state index in [1.165, 1.54) is 11.3 Å². The first-order chi connectivity index (χ1) is 5.79. The summed E-state index contributed by atoms with van der Waals surface area (Å²) in [5.41, 5.74) is 0.653. The van der Waals surface area contributed by atoms with E-state index in [4.69, 9.17) is 0 Å². The highest BCUT2D eigenvalue weighted by Crippen LogP contribution is 2.19. The molecular formula is C7H6N2O2S. The van der Waals surface area contributed by atoms with Crippen LogP contribution in [-0.4, -0.2) is 18.5 Å². The Morgan fingerprint density at radius 1 is 1.50 bits per heavy atom. The summed E-state index contributed by atoms with van der Waals surface area (Å²) < 4.78 is 0. The second kappa shape index (κ2) is 2.60. The minimum absolute atomic E-state index is 0.106. The van der Waals surface area contributed by atoms with Gasteiger partial charge in [0.1, 0.15) is 0 Å². The average Bonchev–Trinajstić information content (AvgIpc) is 2.61. The molecule has 1 aromatic rings. The van der Waals surface area contributed by atoms with Crippen molar-refractivity contribution in [3.05, 3.63) is 16.8 Å². The van der Waals surface area contributed by atoms with Crippen molar-refractivity contribution < 1.29 is 9.59 Å². The average molecular weight is 182 g/mol. The summed E-state index contributed by atoms with van der Waals surface area (Å²) in [4.78, 5) is 23.4. The van der Waals surface area contributed by atoms with Crippen molar-refractivity contribution in [3.63, 3.8) is 0 Å². The van der Waals surface area contributed by atoms with Crippen molar-refractivity contribution in [1.82, 2.24) is 5.32 Å². The Balaban J connectivity index is 2.34. The van der Waals surface area contributed by atoms with Gasteiger partial charge in [0.2, 0.25) is 0 Å². The number of imide groups is 1. The zero-order valence-corrected chi connectivity index (χ0v) is 6.93. The molecule has 3 amide bonds. The van der Waals surface area contributed by atoms with Crippen molar-refractivity contribution in [2.45, 2.75) is 0 Å². The number of carbonyl (C=O) groups is 2. The normalized spacial score (nSPS) is 16.8. The van der Waals surface area contributed by atoms with Crippen molar-refractivity contribution in [2.24, 2.45) is 0 Å². The molecule has 1 aliphatic heterocycles. The number of amides is 3. The number of nitrogens with one attached hydrogen (secondary N) is 1. The minimum Gasteiger partial charge on any atom is -0.328 e. The molecule has 5 heteroatoms. The van der Waals surface area contributed by atoms with Gasteiger partial charge in [-0.15, -0.1) is 0 Å². The fourth-order valence-electron chi connectivity index (χ4n) is 1.07. The van der Waals surface area contributed by atoms with E-state index in [9.17, 15) is 9.59 Å². The lowest BCUT2D eigenvalue weighted by Crippen LogP contribution is -2.30. The van der Waals surface area contributed by atoms with Crippen LogP contribution in [0.5, 0.6) is 0 Å². The highest BCUT2D eigenvalue weighted by atomic mass is 32.1. The summed E-state index contributed by atoms with van der Waals surface area (Å²) in [7, 11) is 0. The molecule has 2 rings (SSSR count). The summed E-state index contributed by atoms with van der Waals surface area (Å²) in [5, 5.41) is 6.04. The zero-order chi connectivity index (χ0) is 8.55. The summed E-state index contributed by atoms with van der Waals surface area (Å²) in [6.45, 7) is 0.106. The van der Waals surface area contributed by atoms with E-state index >= 15 is 0 Å². The van der Waals surface area contributed by atoms with Gasteiger partial charge in [-0.3, -0.25) is 4.79 Å². The number of carbonyl (C=O) groups excluding carboxylic acids is 2. The first-order valence-electron chi connectivity index (χ1n) is 3.42. The fraction of sp³-hybridized carbons (Fsp3) is 0.143. The topological polar surface area (TPSA) is 49.4 Å². The lowest BCUT2D eigenvalue weighted by molar-refractivity contribution is -0.115. The van der Waals surface area contributed by atoms with Crippen LogP contribution >= 0.6 is 11.3 Å². The Labute approximate surface area is 72.8 Å². The van der Waals surface area contributed by atoms with Crippen molar-refractivity contribution in [1.29, 1.82) is 0 Å².